The zero-order chi connectivity index (χ0) is 17.7. The van der Waals surface area contributed by atoms with Gasteiger partial charge in [0, 0.05) is 16.7 Å². The molecule has 0 aliphatic heterocycles. The summed E-state index contributed by atoms with van der Waals surface area (Å²) in [6.45, 7) is 0. The molecule has 0 fully saturated rings. The number of benzene rings is 3. The fourth-order valence-corrected chi connectivity index (χ4v) is 2.62. The average Bonchev–Trinajstić information content (AvgIpc) is 2.67. The van der Waals surface area contributed by atoms with Crippen LogP contribution in [0.5, 0.6) is 0 Å². The Morgan fingerprint density at radius 3 is 1.76 bits per heavy atom. The fourth-order valence-electron chi connectivity index (χ4n) is 2.62. The topological polar surface area (TPSA) is 40.5 Å². The molecule has 2 N–H and O–H groups in total. The van der Waals surface area contributed by atoms with Gasteiger partial charge in [0.1, 0.15) is 11.9 Å². The van der Waals surface area contributed by atoms with Gasteiger partial charge in [0.15, 0.2) is 5.60 Å². The fraction of sp³-hybridized carbons (Fsp3) is 0.0909. The van der Waals surface area contributed by atoms with Gasteiger partial charge in [-0.05, 0) is 6.07 Å². The van der Waals surface area contributed by atoms with Gasteiger partial charge in [0.25, 0.3) is 0 Å². The van der Waals surface area contributed by atoms with Crippen molar-refractivity contribution >= 4 is 0 Å². The summed E-state index contributed by atoms with van der Waals surface area (Å²) in [6.07, 6.45) is -1.33. The first kappa shape index (κ1) is 16.9. The van der Waals surface area contributed by atoms with Crippen molar-refractivity contribution in [3.8, 4) is 11.8 Å². The molecule has 3 heteroatoms. The zero-order valence-corrected chi connectivity index (χ0v) is 13.4. The Kier molecular flexibility index (Phi) is 4.95. The highest BCUT2D eigenvalue weighted by molar-refractivity contribution is 5.45. The molecule has 0 saturated carbocycles. The van der Waals surface area contributed by atoms with Crippen molar-refractivity contribution in [3.63, 3.8) is 0 Å². The lowest BCUT2D eigenvalue weighted by Crippen LogP contribution is -2.25. The second-order valence-corrected chi connectivity index (χ2v) is 5.64. The quantitative estimate of drug-likeness (QED) is 0.716. The van der Waals surface area contributed by atoms with Crippen LogP contribution in [-0.4, -0.2) is 10.2 Å². The van der Waals surface area contributed by atoms with Crippen LogP contribution in [0.1, 0.15) is 22.8 Å². The van der Waals surface area contributed by atoms with Gasteiger partial charge in [-0.2, -0.15) is 0 Å². The van der Waals surface area contributed by atoms with Crippen molar-refractivity contribution in [2.45, 2.75) is 11.7 Å². The van der Waals surface area contributed by atoms with Gasteiger partial charge in [0.2, 0.25) is 0 Å². The van der Waals surface area contributed by atoms with Crippen LogP contribution in [0.25, 0.3) is 0 Å². The molecule has 0 amide bonds. The smallest absolute Gasteiger partial charge is 0.176 e. The van der Waals surface area contributed by atoms with Crippen molar-refractivity contribution in [3.05, 3.63) is 107 Å². The summed E-state index contributed by atoms with van der Waals surface area (Å²) >= 11 is 0. The molecule has 0 heterocycles. The SMILES string of the molecule is O[C@H](C#CC(O)(c1ccccc1)c1ccccc1)c1ccccc1F. The molecule has 3 aromatic rings. The Balaban J connectivity index is 2.05. The predicted molar refractivity (Wildman–Crippen MR) is 95.0 cm³/mol. The Morgan fingerprint density at radius 2 is 1.24 bits per heavy atom. The number of hydrogen-bond donors (Lipinski definition) is 2. The average molecular weight is 332 g/mol. The molecular formula is C22H17FO2. The minimum Gasteiger partial charge on any atom is -0.376 e. The molecule has 2 nitrogen and oxygen atoms in total. The molecule has 0 saturated heterocycles. The first-order valence-electron chi connectivity index (χ1n) is 7.90. The Morgan fingerprint density at radius 1 is 0.760 bits per heavy atom. The summed E-state index contributed by atoms with van der Waals surface area (Å²) in [7, 11) is 0. The van der Waals surface area contributed by atoms with Crippen molar-refractivity contribution in [2.75, 3.05) is 0 Å². The molecule has 1 atom stereocenters. The highest BCUT2D eigenvalue weighted by atomic mass is 19.1. The molecule has 124 valence electrons. The van der Waals surface area contributed by atoms with Crippen molar-refractivity contribution in [1.29, 1.82) is 0 Å². The van der Waals surface area contributed by atoms with Crippen molar-refractivity contribution in [1.82, 2.24) is 0 Å². The van der Waals surface area contributed by atoms with Gasteiger partial charge in [-0.25, -0.2) is 4.39 Å². The van der Waals surface area contributed by atoms with Crippen LogP contribution < -0.4 is 0 Å². The molecular weight excluding hydrogens is 315 g/mol. The standard InChI is InChI=1S/C22H17FO2/c23-20-14-8-7-13-19(20)21(24)15-16-22(25,17-9-3-1-4-10-17)18-11-5-2-6-12-18/h1-14,21,24-25H/t21-/m1/s1. The molecule has 0 aromatic heterocycles. The summed E-state index contributed by atoms with van der Waals surface area (Å²) < 4.78 is 13.8. The molecule has 3 aromatic carbocycles. The van der Waals surface area contributed by atoms with E-state index in [9.17, 15) is 14.6 Å². The minimum atomic E-state index is -1.60. The van der Waals surface area contributed by atoms with Crippen molar-refractivity contribution < 1.29 is 14.6 Å². The van der Waals surface area contributed by atoms with Gasteiger partial charge in [0.05, 0.1) is 0 Å². The van der Waals surface area contributed by atoms with E-state index in [0.29, 0.717) is 11.1 Å². The van der Waals surface area contributed by atoms with E-state index in [-0.39, 0.29) is 5.56 Å². The lowest BCUT2D eigenvalue weighted by Gasteiger charge is -2.23. The largest absolute Gasteiger partial charge is 0.376 e. The van der Waals surface area contributed by atoms with E-state index in [1.54, 1.807) is 60.7 Å². The Labute approximate surface area is 146 Å². The summed E-state index contributed by atoms with van der Waals surface area (Å²) in [5.41, 5.74) is -0.364. The molecule has 0 aliphatic rings. The third-order valence-corrected chi connectivity index (χ3v) is 3.97. The number of hydrogen-bond acceptors (Lipinski definition) is 2. The van der Waals surface area contributed by atoms with Gasteiger partial charge < -0.3 is 10.2 Å². The summed E-state index contributed by atoms with van der Waals surface area (Å²) in [5, 5.41) is 21.5. The highest BCUT2D eigenvalue weighted by Crippen LogP contribution is 2.29. The molecule has 0 aliphatic carbocycles. The Hall–Kier alpha value is -2.93. The molecule has 0 spiro atoms. The highest BCUT2D eigenvalue weighted by Gasteiger charge is 2.29. The summed E-state index contributed by atoms with van der Waals surface area (Å²) in [4.78, 5) is 0. The molecule has 25 heavy (non-hydrogen) atoms. The summed E-state index contributed by atoms with van der Waals surface area (Å²) in [6, 6.07) is 23.9. The third kappa shape index (κ3) is 3.61. The second kappa shape index (κ2) is 7.31. The molecule has 0 radical (unpaired) electrons. The zero-order valence-electron chi connectivity index (χ0n) is 13.4. The maximum Gasteiger partial charge on any atom is 0.176 e. The van der Waals surface area contributed by atoms with Gasteiger partial charge in [-0.1, -0.05) is 90.7 Å². The number of aliphatic hydroxyl groups excluding tert-OH is 1. The van der Waals surface area contributed by atoms with E-state index < -0.39 is 17.5 Å². The first-order valence-corrected chi connectivity index (χ1v) is 7.90. The maximum absolute atomic E-state index is 13.8. The minimum absolute atomic E-state index is 0.0819. The van der Waals surface area contributed by atoms with E-state index in [0.717, 1.165) is 0 Å². The predicted octanol–water partition coefficient (Wildman–Crippen LogP) is 3.80. The van der Waals surface area contributed by atoms with E-state index >= 15 is 0 Å². The number of rotatable bonds is 3. The molecule has 0 unspecified atom stereocenters. The van der Waals surface area contributed by atoms with Gasteiger partial charge in [-0.3, -0.25) is 0 Å². The van der Waals surface area contributed by atoms with E-state index in [2.05, 4.69) is 11.8 Å². The van der Waals surface area contributed by atoms with Crippen LogP contribution in [0, 0.1) is 17.7 Å². The first-order chi connectivity index (χ1) is 12.1. The second-order valence-electron chi connectivity index (χ2n) is 5.64. The van der Waals surface area contributed by atoms with Crippen LogP contribution in [0.4, 0.5) is 4.39 Å². The lowest BCUT2D eigenvalue weighted by molar-refractivity contribution is 0.144. The van der Waals surface area contributed by atoms with E-state index in [1.807, 2.05) is 12.1 Å². The number of aliphatic hydroxyl groups is 2. The van der Waals surface area contributed by atoms with E-state index in [4.69, 9.17) is 0 Å². The number of halogens is 1. The Bertz CT molecular complexity index is 856. The van der Waals surface area contributed by atoms with Crippen LogP contribution in [-0.2, 0) is 5.60 Å². The molecule has 0 bridgehead atoms. The summed E-state index contributed by atoms with van der Waals surface area (Å²) in [5.74, 6) is 4.80. The van der Waals surface area contributed by atoms with Crippen LogP contribution in [0.2, 0.25) is 0 Å². The maximum atomic E-state index is 13.8. The van der Waals surface area contributed by atoms with Crippen molar-refractivity contribution in [2.24, 2.45) is 0 Å². The van der Waals surface area contributed by atoms with Crippen LogP contribution in [0.3, 0.4) is 0 Å². The van der Waals surface area contributed by atoms with Gasteiger partial charge in [-0.15, -0.1) is 0 Å². The normalized spacial score (nSPS) is 12.1. The lowest BCUT2D eigenvalue weighted by atomic mass is 9.86. The molecule has 3 rings (SSSR count). The monoisotopic (exact) mass is 332 g/mol. The van der Waals surface area contributed by atoms with E-state index in [1.165, 1.54) is 12.1 Å². The van der Waals surface area contributed by atoms with Crippen LogP contribution >= 0.6 is 0 Å². The van der Waals surface area contributed by atoms with Gasteiger partial charge >= 0.3 is 0 Å². The van der Waals surface area contributed by atoms with Crippen LogP contribution in [0.15, 0.2) is 84.9 Å². The third-order valence-electron chi connectivity index (χ3n) is 3.97.